The Kier molecular flexibility index (Phi) is 3.91. The predicted molar refractivity (Wildman–Crippen MR) is 72.4 cm³/mol. The number of nitrogens with zero attached hydrogens (tertiary/aromatic N) is 1. The Labute approximate surface area is 114 Å². The van der Waals surface area contributed by atoms with Crippen LogP contribution in [0.1, 0.15) is 11.7 Å². The van der Waals surface area contributed by atoms with Gasteiger partial charge in [0.2, 0.25) is 0 Å². The van der Waals surface area contributed by atoms with E-state index in [9.17, 15) is 0 Å². The molecular formula is C13H14BrNO3. The van der Waals surface area contributed by atoms with E-state index in [0.717, 1.165) is 22.8 Å². The summed E-state index contributed by atoms with van der Waals surface area (Å²) in [5.74, 6) is 2.88. The summed E-state index contributed by atoms with van der Waals surface area (Å²) in [6.45, 7) is 1.83. The molecular weight excluding hydrogens is 298 g/mol. The highest BCUT2D eigenvalue weighted by Gasteiger charge is 2.16. The zero-order valence-electron chi connectivity index (χ0n) is 10.5. The van der Waals surface area contributed by atoms with Crippen LogP contribution in [0.2, 0.25) is 0 Å². The number of aryl methyl sites for hydroxylation is 1. The van der Waals surface area contributed by atoms with E-state index in [1.165, 1.54) is 0 Å². The lowest BCUT2D eigenvalue weighted by Crippen LogP contribution is -1.92. The quantitative estimate of drug-likeness (QED) is 0.810. The summed E-state index contributed by atoms with van der Waals surface area (Å²) in [7, 11) is 3.25. The number of oxazole rings is 1. The second-order valence-corrected chi connectivity index (χ2v) is 4.27. The molecule has 1 aromatic heterocycles. The molecule has 4 nitrogen and oxygen atoms in total. The number of methoxy groups -OCH3 is 2. The Balaban J connectivity index is 2.55. The average Bonchev–Trinajstić information content (AvgIpc) is 2.78. The van der Waals surface area contributed by atoms with E-state index in [1.807, 2.05) is 25.1 Å². The van der Waals surface area contributed by atoms with Crippen molar-refractivity contribution in [2.75, 3.05) is 14.2 Å². The molecule has 2 aromatic rings. The van der Waals surface area contributed by atoms with Crippen molar-refractivity contribution in [2.24, 2.45) is 0 Å². The third-order valence-electron chi connectivity index (χ3n) is 2.59. The second-order valence-electron chi connectivity index (χ2n) is 3.70. The fourth-order valence-corrected chi connectivity index (χ4v) is 2.14. The first kappa shape index (κ1) is 13.0. The van der Waals surface area contributed by atoms with Crippen LogP contribution in [0.5, 0.6) is 11.5 Å². The molecule has 0 saturated carbocycles. The minimum absolute atomic E-state index is 0.609. The van der Waals surface area contributed by atoms with Crippen molar-refractivity contribution in [3.63, 3.8) is 0 Å². The van der Waals surface area contributed by atoms with Crippen LogP contribution >= 0.6 is 15.9 Å². The van der Waals surface area contributed by atoms with Gasteiger partial charge in [-0.05, 0) is 12.1 Å². The zero-order valence-corrected chi connectivity index (χ0v) is 12.1. The Morgan fingerprint density at radius 2 is 2.06 bits per heavy atom. The summed E-state index contributed by atoms with van der Waals surface area (Å²) in [5, 5.41) is 0.609. The molecule has 0 fully saturated rings. The normalized spacial score (nSPS) is 10.4. The summed E-state index contributed by atoms with van der Waals surface area (Å²) in [6, 6.07) is 5.62. The van der Waals surface area contributed by atoms with E-state index in [2.05, 4.69) is 20.9 Å². The van der Waals surface area contributed by atoms with Crippen molar-refractivity contribution < 1.29 is 13.9 Å². The van der Waals surface area contributed by atoms with Gasteiger partial charge in [0.25, 0.3) is 0 Å². The van der Waals surface area contributed by atoms with E-state index in [-0.39, 0.29) is 0 Å². The molecule has 0 radical (unpaired) electrons. The van der Waals surface area contributed by atoms with E-state index in [4.69, 9.17) is 13.9 Å². The molecule has 0 saturated heterocycles. The molecule has 2 rings (SSSR count). The number of ether oxygens (including phenoxy) is 2. The number of halogens is 1. The van der Waals surface area contributed by atoms with Crippen molar-refractivity contribution in [3.8, 4) is 22.8 Å². The number of hydrogen-bond donors (Lipinski definition) is 0. The van der Waals surface area contributed by atoms with E-state index in [1.54, 1.807) is 14.2 Å². The van der Waals surface area contributed by atoms with Gasteiger partial charge in [-0.25, -0.2) is 4.98 Å². The van der Waals surface area contributed by atoms with Crippen molar-refractivity contribution in [3.05, 3.63) is 29.9 Å². The number of hydrogen-bond acceptors (Lipinski definition) is 4. The first-order chi connectivity index (χ1) is 8.69. The van der Waals surface area contributed by atoms with Crippen LogP contribution in [-0.2, 0) is 5.33 Å². The molecule has 0 aliphatic heterocycles. The fourth-order valence-electron chi connectivity index (χ4n) is 1.76. The molecule has 0 aliphatic rings. The molecule has 5 heteroatoms. The number of rotatable bonds is 4. The van der Waals surface area contributed by atoms with Gasteiger partial charge in [-0.3, -0.25) is 0 Å². The van der Waals surface area contributed by atoms with E-state index < -0.39 is 0 Å². The fraction of sp³-hybridized carbons (Fsp3) is 0.308. The molecule has 0 bridgehead atoms. The molecule has 0 spiro atoms. The lowest BCUT2D eigenvalue weighted by molar-refractivity contribution is 0.395. The Bertz CT molecular complexity index is 551. The Morgan fingerprint density at radius 1 is 1.28 bits per heavy atom. The van der Waals surface area contributed by atoms with Gasteiger partial charge in [-0.1, -0.05) is 15.9 Å². The van der Waals surface area contributed by atoms with Crippen LogP contribution in [0.3, 0.4) is 0 Å². The molecule has 96 valence electrons. The van der Waals surface area contributed by atoms with Crippen LogP contribution in [0, 0.1) is 6.92 Å². The highest BCUT2D eigenvalue weighted by Crippen LogP contribution is 2.35. The molecule has 0 amide bonds. The molecule has 0 unspecified atom stereocenters. The number of benzene rings is 1. The van der Waals surface area contributed by atoms with Gasteiger partial charge in [0.15, 0.2) is 5.89 Å². The van der Waals surface area contributed by atoms with E-state index in [0.29, 0.717) is 17.0 Å². The molecule has 1 heterocycles. The van der Waals surface area contributed by atoms with Gasteiger partial charge >= 0.3 is 0 Å². The minimum atomic E-state index is 0.609. The zero-order chi connectivity index (χ0) is 13.1. The summed E-state index contributed by atoms with van der Waals surface area (Å²) in [6.07, 6.45) is 0. The lowest BCUT2D eigenvalue weighted by atomic mass is 10.1. The first-order valence-corrected chi connectivity index (χ1v) is 6.56. The Morgan fingerprint density at radius 3 is 2.67 bits per heavy atom. The average molecular weight is 312 g/mol. The topological polar surface area (TPSA) is 44.5 Å². The van der Waals surface area contributed by atoms with Gasteiger partial charge < -0.3 is 13.9 Å². The van der Waals surface area contributed by atoms with Gasteiger partial charge in [0.05, 0.1) is 19.5 Å². The van der Waals surface area contributed by atoms with Crippen LogP contribution in [0.25, 0.3) is 11.3 Å². The second kappa shape index (κ2) is 5.44. The highest BCUT2D eigenvalue weighted by molar-refractivity contribution is 9.08. The molecule has 18 heavy (non-hydrogen) atoms. The van der Waals surface area contributed by atoms with Crippen LogP contribution in [0.15, 0.2) is 22.6 Å². The van der Waals surface area contributed by atoms with E-state index >= 15 is 0 Å². The third-order valence-corrected chi connectivity index (χ3v) is 3.10. The summed E-state index contributed by atoms with van der Waals surface area (Å²) >= 11 is 3.39. The van der Waals surface area contributed by atoms with Gasteiger partial charge in [0.1, 0.15) is 23.0 Å². The predicted octanol–water partition coefficient (Wildman–Crippen LogP) is 3.56. The van der Waals surface area contributed by atoms with Crippen molar-refractivity contribution in [1.29, 1.82) is 0 Å². The van der Waals surface area contributed by atoms with Crippen molar-refractivity contribution in [2.45, 2.75) is 12.3 Å². The first-order valence-electron chi connectivity index (χ1n) is 5.44. The maximum absolute atomic E-state index is 5.53. The van der Waals surface area contributed by atoms with Gasteiger partial charge in [-0.15, -0.1) is 0 Å². The SMILES string of the molecule is COc1ccc(-c2nc(C)oc2CBr)c(OC)c1. The van der Waals surface area contributed by atoms with Crippen molar-refractivity contribution >= 4 is 15.9 Å². The van der Waals surface area contributed by atoms with Crippen LogP contribution < -0.4 is 9.47 Å². The lowest BCUT2D eigenvalue weighted by Gasteiger charge is -2.09. The van der Waals surface area contributed by atoms with Gasteiger partial charge in [0, 0.05) is 18.6 Å². The maximum Gasteiger partial charge on any atom is 0.191 e. The maximum atomic E-state index is 5.53. The van der Waals surface area contributed by atoms with Gasteiger partial charge in [-0.2, -0.15) is 0 Å². The molecule has 0 atom stereocenters. The minimum Gasteiger partial charge on any atom is -0.497 e. The number of aromatic nitrogens is 1. The smallest absolute Gasteiger partial charge is 0.191 e. The van der Waals surface area contributed by atoms with Crippen molar-refractivity contribution in [1.82, 2.24) is 4.98 Å². The van der Waals surface area contributed by atoms with Crippen LogP contribution in [0.4, 0.5) is 0 Å². The largest absolute Gasteiger partial charge is 0.497 e. The summed E-state index contributed by atoms with van der Waals surface area (Å²) in [4.78, 5) is 4.40. The monoisotopic (exact) mass is 311 g/mol. The third kappa shape index (κ3) is 2.36. The summed E-state index contributed by atoms with van der Waals surface area (Å²) < 4.78 is 16.1. The standard InChI is InChI=1S/C13H14BrNO3/c1-8-15-13(12(7-14)18-8)10-5-4-9(16-2)6-11(10)17-3/h4-6H,7H2,1-3H3. The highest BCUT2D eigenvalue weighted by atomic mass is 79.9. The number of alkyl halides is 1. The van der Waals surface area contributed by atoms with Crippen LogP contribution in [-0.4, -0.2) is 19.2 Å². The molecule has 0 N–H and O–H groups in total. The summed E-state index contributed by atoms with van der Waals surface area (Å²) in [5.41, 5.74) is 1.69. The molecule has 1 aromatic carbocycles. The Hall–Kier alpha value is -1.49. The molecule has 0 aliphatic carbocycles.